The maximum absolute atomic E-state index is 12.8. The number of nitrogens with one attached hydrogen (secondary N) is 2. The van der Waals surface area contributed by atoms with Crippen molar-refractivity contribution in [3.63, 3.8) is 0 Å². The summed E-state index contributed by atoms with van der Waals surface area (Å²) in [7, 11) is 1.61. The van der Waals surface area contributed by atoms with Crippen LogP contribution in [0.2, 0.25) is 0 Å². The summed E-state index contributed by atoms with van der Waals surface area (Å²) in [6, 6.07) is 5.79. The third-order valence-corrected chi connectivity index (χ3v) is 6.08. The fourth-order valence-corrected chi connectivity index (χ4v) is 4.21. The van der Waals surface area contributed by atoms with Gasteiger partial charge in [0.2, 0.25) is 5.91 Å². The Morgan fingerprint density at radius 1 is 1.36 bits per heavy atom. The van der Waals surface area contributed by atoms with E-state index in [0.717, 1.165) is 17.1 Å². The lowest BCUT2D eigenvalue weighted by Crippen LogP contribution is -2.55. The minimum Gasteiger partial charge on any atom is -0.497 e. The van der Waals surface area contributed by atoms with Crippen molar-refractivity contribution in [2.45, 2.75) is 55.6 Å². The minimum atomic E-state index is -4.78. The summed E-state index contributed by atoms with van der Waals surface area (Å²) in [4.78, 5) is 12.4. The van der Waals surface area contributed by atoms with E-state index in [2.05, 4.69) is 10.6 Å². The van der Waals surface area contributed by atoms with E-state index >= 15 is 0 Å². The highest BCUT2D eigenvalue weighted by Gasteiger charge is 2.45. The molecule has 5 nitrogen and oxygen atoms in total. The van der Waals surface area contributed by atoms with Crippen molar-refractivity contribution in [1.29, 1.82) is 0 Å². The lowest BCUT2D eigenvalue weighted by Gasteiger charge is -2.29. The van der Waals surface area contributed by atoms with Crippen LogP contribution >= 0.6 is 11.8 Å². The molecule has 2 rings (SSSR count). The molecule has 0 bridgehead atoms. The van der Waals surface area contributed by atoms with Crippen molar-refractivity contribution in [3.8, 4) is 5.75 Å². The molecule has 0 aliphatic carbocycles. The monoisotopic (exact) mass is 420 g/mol. The van der Waals surface area contributed by atoms with Crippen molar-refractivity contribution >= 4 is 17.7 Å². The molecular weight excluding hydrogens is 393 g/mol. The second kappa shape index (κ2) is 9.84. The summed E-state index contributed by atoms with van der Waals surface area (Å²) < 4.78 is 43.6. The Hall–Kier alpha value is -1.45. The molecule has 1 aromatic rings. The quantitative estimate of drug-likeness (QED) is 0.603. The highest BCUT2D eigenvalue weighted by molar-refractivity contribution is 7.99. The average molecular weight is 420 g/mol. The number of methoxy groups -OCH3 is 1. The van der Waals surface area contributed by atoms with E-state index in [1.165, 1.54) is 13.8 Å². The lowest BCUT2D eigenvalue weighted by atomic mass is 9.97. The van der Waals surface area contributed by atoms with Gasteiger partial charge in [-0.05, 0) is 30.0 Å². The number of alkyl halides is 3. The molecule has 1 heterocycles. The van der Waals surface area contributed by atoms with E-state index in [-0.39, 0.29) is 5.25 Å². The number of carbonyl (C=O) groups excluding carboxylic acids is 1. The normalized spacial score (nSPS) is 22.1. The zero-order chi connectivity index (χ0) is 20.9. The van der Waals surface area contributed by atoms with Crippen LogP contribution in [0.3, 0.4) is 0 Å². The Morgan fingerprint density at radius 3 is 2.54 bits per heavy atom. The molecule has 1 aliphatic heterocycles. The van der Waals surface area contributed by atoms with Gasteiger partial charge < -0.3 is 20.5 Å². The molecule has 4 atom stereocenters. The molecule has 0 saturated carbocycles. The molecule has 0 aromatic heterocycles. The highest BCUT2D eigenvalue weighted by Crippen LogP contribution is 2.28. The SMILES string of the molecule is COc1ccc(CS[C@H]2CN[C@H](C(=O)N[C@@H](C(C)C)[C@H](O)C(F)(F)F)C2)cc1. The third kappa shape index (κ3) is 6.28. The maximum atomic E-state index is 12.8. The van der Waals surface area contributed by atoms with Crippen LogP contribution in [0.25, 0.3) is 0 Å². The van der Waals surface area contributed by atoms with Crippen LogP contribution in [0.1, 0.15) is 25.8 Å². The zero-order valence-electron chi connectivity index (χ0n) is 16.1. The van der Waals surface area contributed by atoms with Gasteiger partial charge in [-0.2, -0.15) is 24.9 Å². The lowest BCUT2D eigenvalue weighted by molar-refractivity contribution is -0.215. The van der Waals surface area contributed by atoms with Gasteiger partial charge in [-0.3, -0.25) is 4.79 Å². The van der Waals surface area contributed by atoms with Gasteiger partial charge in [0.25, 0.3) is 0 Å². The average Bonchev–Trinajstić information content (AvgIpc) is 3.12. The number of ether oxygens (including phenoxy) is 1. The molecule has 1 amide bonds. The molecule has 0 radical (unpaired) electrons. The minimum absolute atomic E-state index is 0.183. The number of rotatable bonds is 8. The zero-order valence-corrected chi connectivity index (χ0v) is 16.9. The molecule has 9 heteroatoms. The Bertz CT molecular complexity index is 640. The number of carbonyl (C=O) groups is 1. The molecule has 158 valence electrons. The first kappa shape index (κ1) is 22.8. The molecule has 1 aliphatic rings. The molecule has 0 spiro atoms. The fourth-order valence-electron chi connectivity index (χ4n) is 3.04. The van der Waals surface area contributed by atoms with Crippen LogP contribution in [0.5, 0.6) is 5.75 Å². The predicted octanol–water partition coefficient (Wildman–Crippen LogP) is 2.72. The van der Waals surface area contributed by atoms with Gasteiger partial charge >= 0.3 is 6.18 Å². The third-order valence-electron chi connectivity index (χ3n) is 4.75. The van der Waals surface area contributed by atoms with Gasteiger partial charge in [0.05, 0.1) is 19.2 Å². The summed E-state index contributed by atoms with van der Waals surface area (Å²) in [5.41, 5.74) is 1.13. The van der Waals surface area contributed by atoms with Gasteiger partial charge in [0.1, 0.15) is 5.75 Å². The van der Waals surface area contributed by atoms with Gasteiger partial charge in [-0.25, -0.2) is 0 Å². The summed E-state index contributed by atoms with van der Waals surface area (Å²) >= 11 is 1.69. The number of aliphatic hydroxyl groups excluding tert-OH is 1. The Labute approximate surface area is 167 Å². The van der Waals surface area contributed by atoms with Crippen molar-refractivity contribution in [2.75, 3.05) is 13.7 Å². The number of thioether (sulfide) groups is 1. The fraction of sp³-hybridized carbons (Fsp3) is 0.632. The Kier molecular flexibility index (Phi) is 8.03. The van der Waals surface area contributed by atoms with Crippen LogP contribution in [0, 0.1) is 5.92 Å². The van der Waals surface area contributed by atoms with Crippen LogP contribution in [0.15, 0.2) is 24.3 Å². The van der Waals surface area contributed by atoms with Crippen molar-refractivity contribution in [2.24, 2.45) is 5.92 Å². The molecule has 1 fully saturated rings. The summed E-state index contributed by atoms with van der Waals surface area (Å²) in [5.74, 6) is 0.497. The van der Waals surface area contributed by atoms with Crippen LogP contribution in [-0.4, -0.2) is 54.3 Å². The topological polar surface area (TPSA) is 70.6 Å². The summed E-state index contributed by atoms with van der Waals surface area (Å²) in [6.07, 6.45) is -6.83. The largest absolute Gasteiger partial charge is 0.497 e. The number of benzene rings is 1. The Morgan fingerprint density at radius 2 is 2.00 bits per heavy atom. The second-order valence-corrected chi connectivity index (χ2v) is 8.53. The van der Waals surface area contributed by atoms with Gasteiger partial charge in [-0.15, -0.1) is 0 Å². The van der Waals surface area contributed by atoms with Crippen molar-refractivity contribution in [1.82, 2.24) is 10.6 Å². The number of aliphatic hydroxyl groups is 1. The van der Waals surface area contributed by atoms with E-state index in [4.69, 9.17) is 4.74 Å². The first-order chi connectivity index (χ1) is 13.1. The van der Waals surface area contributed by atoms with E-state index in [0.29, 0.717) is 13.0 Å². The maximum Gasteiger partial charge on any atom is 0.416 e. The van der Waals surface area contributed by atoms with Gasteiger partial charge in [0, 0.05) is 17.5 Å². The van der Waals surface area contributed by atoms with E-state index in [1.54, 1.807) is 18.9 Å². The standard InChI is InChI=1S/C19H27F3N2O3S/c1-11(2)16(17(25)19(20,21)22)24-18(26)15-8-14(9-23-15)28-10-12-4-6-13(27-3)7-5-12/h4-7,11,14-17,23,25H,8-10H2,1-3H3,(H,24,26)/t14-,15+,16+,17+/m1/s1. The van der Waals surface area contributed by atoms with Crippen LogP contribution < -0.4 is 15.4 Å². The predicted molar refractivity (Wildman–Crippen MR) is 103 cm³/mol. The molecule has 0 unspecified atom stereocenters. The van der Waals surface area contributed by atoms with Crippen LogP contribution in [0.4, 0.5) is 13.2 Å². The molecular formula is C19H27F3N2O3S. The van der Waals surface area contributed by atoms with Gasteiger partial charge in [-0.1, -0.05) is 26.0 Å². The Balaban J connectivity index is 1.85. The number of hydrogen-bond donors (Lipinski definition) is 3. The van der Waals surface area contributed by atoms with Crippen molar-refractivity contribution in [3.05, 3.63) is 29.8 Å². The number of halogens is 3. The first-order valence-corrected chi connectivity index (χ1v) is 10.2. The van der Waals surface area contributed by atoms with E-state index in [1.807, 2.05) is 24.3 Å². The first-order valence-electron chi connectivity index (χ1n) is 9.15. The van der Waals surface area contributed by atoms with E-state index < -0.39 is 36.2 Å². The van der Waals surface area contributed by atoms with Crippen LogP contribution in [-0.2, 0) is 10.5 Å². The number of amides is 1. The van der Waals surface area contributed by atoms with Crippen molar-refractivity contribution < 1.29 is 27.8 Å². The molecule has 3 N–H and O–H groups in total. The summed E-state index contributed by atoms with van der Waals surface area (Å²) in [5, 5.41) is 15.2. The highest BCUT2D eigenvalue weighted by atomic mass is 32.2. The summed E-state index contributed by atoms with van der Waals surface area (Å²) in [6.45, 7) is 3.68. The molecule has 28 heavy (non-hydrogen) atoms. The van der Waals surface area contributed by atoms with E-state index in [9.17, 15) is 23.1 Å². The number of hydrogen-bond acceptors (Lipinski definition) is 5. The smallest absolute Gasteiger partial charge is 0.416 e. The molecule has 1 aromatic carbocycles. The van der Waals surface area contributed by atoms with Gasteiger partial charge in [0.15, 0.2) is 6.10 Å². The molecule has 1 saturated heterocycles. The second-order valence-electron chi connectivity index (χ2n) is 7.24.